The Morgan fingerprint density at radius 2 is 1.60 bits per heavy atom. The second-order valence-corrected chi connectivity index (χ2v) is 9.01. The molecule has 7 nitrogen and oxygen atoms in total. The summed E-state index contributed by atoms with van der Waals surface area (Å²) in [6.07, 6.45) is 0. The number of anilines is 1. The largest absolute Gasteiger partial charge is 0.507 e. The lowest BCUT2D eigenvalue weighted by Crippen LogP contribution is -2.47. The number of methoxy groups -OCH3 is 1. The second-order valence-electron chi connectivity index (χ2n) is 9.01. The van der Waals surface area contributed by atoms with Crippen LogP contribution in [0.4, 0.5) is 5.69 Å². The van der Waals surface area contributed by atoms with Crippen molar-refractivity contribution in [1.29, 1.82) is 0 Å². The van der Waals surface area contributed by atoms with Crippen LogP contribution in [-0.2, 0) is 6.54 Å². The van der Waals surface area contributed by atoms with Crippen molar-refractivity contribution in [2.75, 3.05) is 38.2 Å². The fourth-order valence-electron chi connectivity index (χ4n) is 5.03. The van der Waals surface area contributed by atoms with Crippen molar-refractivity contribution in [3.05, 3.63) is 89.0 Å². The summed E-state index contributed by atoms with van der Waals surface area (Å²) >= 11 is 0. The third-order valence-electron chi connectivity index (χ3n) is 7.04. The number of phenolic OH excluding ortho intramolecular Hbond substituents is 1. The van der Waals surface area contributed by atoms with E-state index in [-0.39, 0.29) is 23.8 Å². The van der Waals surface area contributed by atoms with E-state index < -0.39 is 5.91 Å². The summed E-state index contributed by atoms with van der Waals surface area (Å²) in [5.41, 5.74) is 3.15. The van der Waals surface area contributed by atoms with Crippen LogP contribution in [0.25, 0.3) is 0 Å². The number of nitrogens with zero attached hydrogens (tertiary/aromatic N) is 3. The van der Waals surface area contributed by atoms with Gasteiger partial charge >= 0.3 is 0 Å². The zero-order valence-corrected chi connectivity index (χ0v) is 20.0. The van der Waals surface area contributed by atoms with E-state index in [1.807, 2.05) is 24.3 Å². The van der Waals surface area contributed by atoms with Gasteiger partial charge in [0.1, 0.15) is 11.5 Å². The van der Waals surface area contributed by atoms with E-state index >= 15 is 0 Å². The number of benzene rings is 3. The van der Waals surface area contributed by atoms with Crippen molar-refractivity contribution in [3.63, 3.8) is 0 Å². The van der Waals surface area contributed by atoms with Gasteiger partial charge in [-0.1, -0.05) is 42.5 Å². The Labute approximate surface area is 205 Å². The Hall–Kier alpha value is -3.84. The van der Waals surface area contributed by atoms with Crippen molar-refractivity contribution in [3.8, 4) is 11.5 Å². The average molecular weight is 472 g/mol. The first-order valence-corrected chi connectivity index (χ1v) is 11.9. The topological polar surface area (TPSA) is 73.3 Å². The molecule has 1 N–H and O–H groups in total. The monoisotopic (exact) mass is 471 g/mol. The molecule has 3 aromatic carbocycles. The van der Waals surface area contributed by atoms with Crippen LogP contribution in [0.5, 0.6) is 11.5 Å². The van der Waals surface area contributed by atoms with Crippen LogP contribution >= 0.6 is 0 Å². The number of phenols is 1. The van der Waals surface area contributed by atoms with Crippen LogP contribution < -0.4 is 9.64 Å². The van der Waals surface area contributed by atoms with Gasteiger partial charge in [-0.15, -0.1) is 0 Å². The molecular weight excluding hydrogens is 442 g/mol. The number of rotatable bonds is 6. The Bertz CT molecular complexity index is 1250. The van der Waals surface area contributed by atoms with Gasteiger partial charge in [0.25, 0.3) is 11.8 Å². The highest BCUT2D eigenvalue weighted by Gasteiger charge is 2.41. The first-order chi connectivity index (χ1) is 17.0. The number of piperazine rings is 1. The first kappa shape index (κ1) is 22.9. The van der Waals surface area contributed by atoms with E-state index in [0.29, 0.717) is 23.0 Å². The highest BCUT2D eigenvalue weighted by molar-refractivity contribution is 6.25. The number of hydrogen-bond donors (Lipinski definition) is 1. The molecule has 0 spiro atoms. The summed E-state index contributed by atoms with van der Waals surface area (Å²) in [6, 6.07) is 21.3. The molecule has 180 valence electrons. The van der Waals surface area contributed by atoms with E-state index in [9.17, 15) is 14.7 Å². The molecule has 0 saturated carbocycles. The fraction of sp³-hybridized carbons (Fsp3) is 0.286. The van der Waals surface area contributed by atoms with Crippen LogP contribution in [0.1, 0.15) is 44.8 Å². The minimum Gasteiger partial charge on any atom is -0.507 e. The van der Waals surface area contributed by atoms with E-state index in [4.69, 9.17) is 4.74 Å². The summed E-state index contributed by atoms with van der Waals surface area (Å²) in [7, 11) is 1.58. The van der Waals surface area contributed by atoms with Gasteiger partial charge in [0, 0.05) is 32.2 Å². The van der Waals surface area contributed by atoms with E-state index in [0.717, 1.165) is 31.7 Å². The number of amides is 2. The number of fused-ring (bicyclic) bond motifs is 1. The quantitative estimate of drug-likeness (QED) is 0.546. The molecule has 2 amide bonds. The first-order valence-electron chi connectivity index (χ1n) is 11.9. The zero-order chi connectivity index (χ0) is 24.5. The molecule has 3 aromatic rings. The summed E-state index contributed by atoms with van der Waals surface area (Å²) in [4.78, 5) is 32.4. The molecule has 35 heavy (non-hydrogen) atoms. The summed E-state index contributed by atoms with van der Waals surface area (Å²) in [5, 5.41) is 10.5. The zero-order valence-electron chi connectivity index (χ0n) is 20.0. The minimum atomic E-state index is -0.469. The van der Waals surface area contributed by atoms with E-state index in [2.05, 4.69) is 41.0 Å². The predicted molar refractivity (Wildman–Crippen MR) is 134 cm³/mol. The highest BCUT2D eigenvalue weighted by Crippen LogP contribution is 2.38. The predicted octanol–water partition coefficient (Wildman–Crippen LogP) is 4.08. The number of aromatic hydroxyl groups is 1. The Kier molecular flexibility index (Phi) is 6.17. The van der Waals surface area contributed by atoms with Gasteiger partial charge in [-0.3, -0.25) is 19.4 Å². The van der Waals surface area contributed by atoms with Crippen molar-refractivity contribution < 1.29 is 19.4 Å². The third-order valence-corrected chi connectivity index (χ3v) is 7.04. The Morgan fingerprint density at radius 3 is 2.31 bits per heavy atom. The number of carbonyl (C=O) groups is 2. The van der Waals surface area contributed by atoms with Gasteiger partial charge in [0.2, 0.25) is 0 Å². The van der Waals surface area contributed by atoms with E-state index in [1.54, 1.807) is 19.2 Å². The van der Waals surface area contributed by atoms with Gasteiger partial charge < -0.3 is 14.7 Å². The SMILES string of the molecule is COc1cccc(CN2C(=O)c3c(O)ccc(N4CCN([C@H](C)c5ccccc5)CC4)c3C2=O)c1. The summed E-state index contributed by atoms with van der Waals surface area (Å²) in [5.74, 6) is -0.348. The Morgan fingerprint density at radius 1 is 0.886 bits per heavy atom. The van der Waals surface area contributed by atoms with E-state index in [1.165, 1.54) is 16.5 Å². The average Bonchev–Trinajstić information content (AvgIpc) is 3.15. The van der Waals surface area contributed by atoms with Crippen LogP contribution in [0, 0.1) is 0 Å². The molecule has 2 aliphatic heterocycles. The smallest absolute Gasteiger partial charge is 0.265 e. The molecule has 0 radical (unpaired) electrons. The maximum Gasteiger partial charge on any atom is 0.265 e. The molecule has 1 fully saturated rings. The maximum absolute atomic E-state index is 13.5. The van der Waals surface area contributed by atoms with Gasteiger partial charge in [-0.2, -0.15) is 0 Å². The molecule has 1 atom stereocenters. The van der Waals surface area contributed by atoms with Gasteiger partial charge in [-0.25, -0.2) is 0 Å². The van der Waals surface area contributed by atoms with Gasteiger partial charge in [-0.05, 0) is 42.3 Å². The summed E-state index contributed by atoms with van der Waals surface area (Å²) < 4.78 is 5.27. The number of imide groups is 1. The molecule has 0 unspecified atom stereocenters. The normalized spacial score (nSPS) is 17.0. The van der Waals surface area contributed by atoms with Gasteiger partial charge in [0.05, 0.1) is 30.5 Å². The number of ether oxygens (including phenoxy) is 1. The molecule has 7 heteroatoms. The molecule has 0 aromatic heterocycles. The Balaban J connectivity index is 1.36. The van der Waals surface area contributed by atoms with Gasteiger partial charge in [0.15, 0.2) is 0 Å². The maximum atomic E-state index is 13.5. The number of carbonyl (C=O) groups excluding carboxylic acids is 2. The third kappa shape index (κ3) is 4.23. The molecular formula is C28H29N3O4. The van der Waals surface area contributed by atoms with Crippen molar-refractivity contribution in [2.24, 2.45) is 0 Å². The standard InChI is InChI=1S/C28H29N3O4/c1-19(21-8-4-3-5-9-21)29-13-15-30(16-14-29)23-11-12-24(32)26-25(23)27(33)31(28(26)34)18-20-7-6-10-22(17-20)35-2/h3-12,17,19,32H,13-16,18H2,1-2H3/t19-/m1/s1. The second kappa shape index (κ2) is 9.43. The number of hydrogen-bond acceptors (Lipinski definition) is 6. The van der Waals surface area contributed by atoms with Crippen LogP contribution in [-0.4, -0.2) is 60.0 Å². The molecule has 0 aliphatic carbocycles. The van der Waals surface area contributed by atoms with Crippen LogP contribution in [0.2, 0.25) is 0 Å². The molecule has 2 heterocycles. The molecule has 0 bridgehead atoms. The molecule has 2 aliphatic rings. The lowest BCUT2D eigenvalue weighted by atomic mass is 10.0. The lowest BCUT2D eigenvalue weighted by molar-refractivity contribution is 0.0641. The summed E-state index contributed by atoms with van der Waals surface area (Å²) in [6.45, 7) is 5.45. The lowest BCUT2D eigenvalue weighted by Gasteiger charge is -2.39. The minimum absolute atomic E-state index is 0.0930. The van der Waals surface area contributed by atoms with Crippen molar-refractivity contribution in [1.82, 2.24) is 9.80 Å². The van der Waals surface area contributed by atoms with Crippen molar-refractivity contribution in [2.45, 2.75) is 19.5 Å². The fourth-order valence-corrected chi connectivity index (χ4v) is 5.03. The van der Waals surface area contributed by atoms with Crippen molar-refractivity contribution >= 4 is 17.5 Å². The van der Waals surface area contributed by atoms with Crippen LogP contribution in [0.15, 0.2) is 66.7 Å². The highest BCUT2D eigenvalue weighted by atomic mass is 16.5. The molecule has 1 saturated heterocycles. The van der Waals surface area contributed by atoms with Crippen LogP contribution in [0.3, 0.4) is 0 Å². The molecule has 5 rings (SSSR count).